The van der Waals surface area contributed by atoms with Crippen molar-refractivity contribution < 1.29 is 9.53 Å². The maximum Gasteiger partial charge on any atom is 0.280 e. The van der Waals surface area contributed by atoms with Crippen molar-refractivity contribution in [2.75, 3.05) is 12.4 Å². The van der Waals surface area contributed by atoms with E-state index in [0.717, 1.165) is 18.5 Å². The summed E-state index contributed by atoms with van der Waals surface area (Å²) in [6, 6.07) is 1.94. The fraction of sp³-hybridized carbons (Fsp3) is 0.455. The third-order valence-electron chi connectivity index (χ3n) is 2.70. The predicted octanol–water partition coefficient (Wildman–Crippen LogP) is 2.43. The second-order valence-electron chi connectivity index (χ2n) is 3.79. The van der Waals surface area contributed by atoms with E-state index in [0.29, 0.717) is 11.6 Å². The van der Waals surface area contributed by atoms with Crippen LogP contribution in [-0.4, -0.2) is 17.3 Å². The number of methoxy groups -OCH3 is 1. The normalized spacial score (nSPS) is 14.1. The van der Waals surface area contributed by atoms with Crippen LogP contribution in [0.15, 0.2) is 6.07 Å². The number of fused-ring (bicyclic) bond motifs is 1. The van der Waals surface area contributed by atoms with Crippen molar-refractivity contribution in [1.29, 1.82) is 0 Å². The average molecular weight is 238 g/mol. The van der Waals surface area contributed by atoms with E-state index in [9.17, 15) is 4.79 Å². The second kappa shape index (κ2) is 4.74. The molecule has 0 bridgehead atoms. The number of anilines is 1. The number of nitrogens with one attached hydrogen (secondary N) is 1. The van der Waals surface area contributed by atoms with E-state index in [2.05, 4.69) is 22.9 Å². The molecule has 0 atom stereocenters. The summed E-state index contributed by atoms with van der Waals surface area (Å²) in [6.45, 7) is 0. The summed E-state index contributed by atoms with van der Waals surface area (Å²) in [4.78, 5) is 15.3. The minimum atomic E-state index is -0.407. The Morgan fingerprint density at radius 3 is 2.94 bits per heavy atom. The van der Waals surface area contributed by atoms with Crippen LogP contribution in [0.2, 0.25) is 0 Å². The number of nitrogens with zero attached hydrogens (tertiary/aromatic N) is 1. The summed E-state index contributed by atoms with van der Waals surface area (Å²) in [5.41, 5.74) is 2.88. The van der Waals surface area contributed by atoms with Gasteiger partial charge in [-0.25, -0.2) is 4.98 Å². The van der Waals surface area contributed by atoms with Crippen LogP contribution in [0.3, 0.4) is 0 Å². The molecule has 1 amide bonds. The van der Waals surface area contributed by atoms with Crippen LogP contribution in [0.4, 0.5) is 10.5 Å². The van der Waals surface area contributed by atoms with E-state index in [1.54, 1.807) is 7.11 Å². The van der Waals surface area contributed by atoms with E-state index in [1.807, 2.05) is 6.07 Å². The number of aromatic nitrogens is 1. The molecule has 0 saturated heterocycles. The Balaban J connectivity index is 2.39. The number of ether oxygens (including phenoxy) is 1. The Labute approximate surface area is 99.8 Å². The highest BCUT2D eigenvalue weighted by Crippen LogP contribution is 2.29. The van der Waals surface area contributed by atoms with Crippen molar-refractivity contribution in [2.24, 2.45) is 0 Å². The fourth-order valence-corrected chi connectivity index (χ4v) is 2.10. The first-order chi connectivity index (χ1) is 7.70. The van der Waals surface area contributed by atoms with Crippen molar-refractivity contribution in [3.63, 3.8) is 0 Å². The maximum absolute atomic E-state index is 10.9. The first kappa shape index (κ1) is 11.3. The first-order valence-electron chi connectivity index (χ1n) is 5.27. The number of thiol groups is 1. The SMILES string of the molecule is COc1nc2c(cc1NC(=O)S)CCCC2. The van der Waals surface area contributed by atoms with Gasteiger partial charge in [0.15, 0.2) is 0 Å². The van der Waals surface area contributed by atoms with E-state index >= 15 is 0 Å². The number of amides is 1. The summed E-state index contributed by atoms with van der Waals surface area (Å²) in [5, 5.41) is 2.21. The number of carbonyl (C=O) groups is 1. The van der Waals surface area contributed by atoms with Gasteiger partial charge in [0.2, 0.25) is 5.88 Å². The lowest BCUT2D eigenvalue weighted by molar-refractivity contribution is 0.270. The van der Waals surface area contributed by atoms with Gasteiger partial charge in [-0.1, -0.05) is 12.6 Å². The summed E-state index contributed by atoms with van der Waals surface area (Å²) < 4.78 is 5.15. The molecular weight excluding hydrogens is 224 g/mol. The van der Waals surface area contributed by atoms with Crippen molar-refractivity contribution in [1.82, 2.24) is 4.98 Å². The molecule has 0 aromatic carbocycles. The molecule has 4 nitrogen and oxygen atoms in total. The van der Waals surface area contributed by atoms with Crippen LogP contribution in [0.1, 0.15) is 24.1 Å². The maximum atomic E-state index is 10.9. The smallest absolute Gasteiger partial charge is 0.280 e. The minimum absolute atomic E-state index is 0.407. The molecule has 1 aromatic rings. The zero-order valence-electron chi connectivity index (χ0n) is 9.12. The van der Waals surface area contributed by atoms with Crippen LogP contribution < -0.4 is 10.1 Å². The minimum Gasteiger partial charge on any atom is -0.480 e. The molecule has 16 heavy (non-hydrogen) atoms. The van der Waals surface area contributed by atoms with Gasteiger partial charge in [0.1, 0.15) is 5.69 Å². The molecule has 1 aliphatic rings. The lowest BCUT2D eigenvalue weighted by Gasteiger charge is -2.17. The average Bonchev–Trinajstić information content (AvgIpc) is 2.27. The molecule has 5 heteroatoms. The van der Waals surface area contributed by atoms with Gasteiger partial charge < -0.3 is 10.1 Å². The van der Waals surface area contributed by atoms with Gasteiger partial charge in [0, 0.05) is 5.69 Å². The quantitative estimate of drug-likeness (QED) is 0.778. The number of carbonyl (C=O) groups excluding carboxylic acids is 1. The van der Waals surface area contributed by atoms with E-state index < -0.39 is 5.24 Å². The van der Waals surface area contributed by atoms with Crippen LogP contribution in [0, 0.1) is 0 Å². The van der Waals surface area contributed by atoms with Gasteiger partial charge in [0.05, 0.1) is 7.11 Å². The lowest BCUT2D eigenvalue weighted by atomic mass is 9.96. The highest BCUT2D eigenvalue weighted by Gasteiger charge is 2.16. The fourth-order valence-electron chi connectivity index (χ4n) is 1.98. The Bertz CT molecular complexity index is 421. The van der Waals surface area contributed by atoms with Gasteiger partial charge in [-0.05, 0) is 37.3 Å². The molecule has 1 aromatic heterocycles. The Hall–Kier alpha value is -1.23. The van der Waals surface area contributed by atoms with Gasteiger partial charge in [-0.15, -0.1) is 0 Å². The molecule has 86 valence electrons. The van der Waals surface area contributed by atoms with Gasteiger partial charge in [0.25, 0.3) is 5.24 Å². The number of aryl methyl sites for hydroxylation is 2. The van der Waals surface area contributed by atoms with Crippen molar-refractivity contribution >= 4 is 23.6 Å². The number of hydrogen-bond donors (Lipinski definition) is 2. The molecule has 0 aliphatic heterocycles. The molecule has 0 spiro atoms. The first-order valence-corrected chi connectivity index (χ1v) is 5.72. The lowest BCUT2D eigenvalue weighted by Crippen LogP contribution is -2.10. The van der Waals surface area contributed by atoms with Gasteiger partial charge in [-0.2, -0.15) is 0 Å². The molecule has 1 N–H and O–H groups in total. The van der Waals surface area contributed by atoms with Crippen LogP contribution >= 0.6 is 12.6 Å². The number of pyridine rings is 1. The number of hydrogen-bond acceptors (Lipinski definition) is 3. The van der Waals surface area contributed by atoms with Crippen molar-refractivity contribution in [3.05, 3.63) is 17.3 Å². The van der Waals surface area contributed by atoms with E-state index in [-0.39, 0.29) is 0 Å². The van der Waals surface area contributed by atoms with Gasteiger partial charge in [-0.3, -0.25) is 4.79 Å². The third kappa shape index (κ3) is 2.29. The monoisotopic (exact) mass is 238 g/mol. The van der Waals surface area contributed by atoms with E-state index in [4.69, 9.17) is 4.74 Å². The summed E-state index contributed by atoms with van der Waals surface area (Å²) >= 11 is 3.69. The summed E-state index contributed by atoms with van der Waals surface area (Å²) in [6.07, 6.45) is 4.35. The summed E-state index contributed by atoms with van der Waals surface area (Å²) in [7, 11) is 1.55. The molecule has 1 heterocycles. The topological polar surface area (TPSA) is 51.2 Å². The van der Waals surface area contributed by atoms with Crippen LogP contribution in [-0.2, 0) is 12.8 Å². The largest absolute Gasteiger partial charge is 0.480 e. The highest BCUT2D eigenvalue weighted by atomic mass is 32.1. The molecule has 1 aliphatic carbocycles. The van der Waals surface area contributed by atoms with Crippen molar-refractivity contribution in [2.45, 2.75) is 25.7 Å². The molecular formula is C11H14N2O2S. The number of rotatable bonds is 2. The third-order valence-corrected chi connectivity index (χ3v) is 2.81. The Morgan fingerprint density at radius 2 is 2.25 bits per heavy atom. The second-order valence-corrected chi connectivity index (χ2v) is 4.19. The van der Waals surface area contributed by atoms with Gasteiger partial charge >= 0.3 is 0 Å². The molecule has 0 radical (unpaired) electrons. The standard InChI is InChI=1S/C11H14N2O2S/c1-15-10-9(13-11(14)16)6-7-4-2-3-5-8(7)12-10/h6H,2-5H2,1H3,(H2,13,14,16). The Morgan fingerprint density at radius 1 is 1.50 bits per heavy atom. The molecule has 2 rings (SSSR count). The molecule has 0 saturated carbocycles. The summed E-state index contributed by atoms with van der Waals surface area (Å²) in [5.74, 6) is 0.461. The molecule has 0 fully saturated rings. The zero-order valence-corrected chi connectivity index (χ0v) is 10.0. The predicted molar refractivity (Wildman–Crippen MR) is 65.4 cm³/mol. The Kier molecular flexibility index (Phi) is 3.33. The van der Waals surface area contributed by atoms with Crippen LogP contribution in [0.25, 0.3) is 0 Å². The van der Waals surface area contributed by atoms with Crippen LogP contribution in [0.5, 0.6) is 5.88 Å². The van der Waals surface area contributed by atoms with Crippen molar-refractivity contribution in [3.8, 4) is 5.88 Å². The molecule has 0 unspecified atom stereocenters. The zero-order chi connectivity index (χ0) is 11.5. The van der Waals surface area contributed by atoms with E-state index in [1.165, 1.54) is 18.4 Å². The highest BCUT2D eigenvalue weighted by molar-refractivity contribution is 7.96.